The van der Waals surface area contributed by atoms with Gasteiger partial charge in [0.2, 0.25) is 0 Å². The molecule has 0 bridgehead atoms. The van der Waals surface area contributed by atoms with E-state index in [-0.39, 0.29) is 5.91 Å². The predicted molar refractivity (Wildman–Crippen MR) is 77.1 cm³/mol. The second-order valence-electron chi connectivity index (χ2n) is 4.03. The molecule has 1 amide bonds. The maximum absolute atomic E-state index is 12.4. The van der Waals surface area contributed by atoms with Crippen LogP contribution in [0.1, 0.15) is 23.0 Å². The summed E-state index contributed by atoms with van der Waals surface area (Å²) in [7, 11) is 0. The number of nitrogens with zero attached hydrogens (tertiary/aromatic N) is 1. The lowest BCUT2D eigenvalue weighted by atomic mass is 10.2. The van der Waals surface area contributed by atoms with E-state index in [0.717, 1.165) is 17.0 Å². The number of carbonyl (C=O) groups is 1. The van der Waals surface area contributed by atoms with Gasteiger partial charge >= 0.3 is 0 Å². The Hall–Kier alpha value is -1.81. The maximum Gasteiger partial charge on any atom is 0.268 e. The van der Waals surface area contributed by atoms with Crippen molar-refractivity contribution < 1.29 is 4.79 Å². The van der Waals surface area contributed by atoms with E-state index in [1.807, 2.05) is 41.8 Å². The normalized spacial score (nSPS) is 10.3. The molecule has 0 saturated heterocycles. The van der Waals surface area contributed by atoms with Crippen LogP contribution in [-0.2, 0) is 0 Å². The van der Waals surface area contributed by atoms with Crippen LogP contribution in [0.5, 0.6) is 0 Å². The molecule has 2 N–H and O–H groups in total. The average molecular weight is 260 g/mol. The minimum absolute atomic E-state index is 0.0393. The number of thiophene rings is 1. The van der Waals surface area contributed by atoms with Gasteiger partial charge in [0.25, 0.3) is 5.91 Å². The zero-order chi connectivity index (χ0) is 13.0. The summed E-state index contributed by atoms with van der Waals surface area (Å²) in [6, 6.07) is 11.2. The fourth-order valence-corrected chi connectivity index (χ4v) is 2.47. The number of carbonyl (C=O) groups excluding carboxylic acids is 1. The molecular weight excluding hydrogens is 244 g/mol. The molecule has 4 heteroatoms. The van der Waals surface area contributed by atoms with Crippen LogP contribution >= 0.6 is 11.3 Å². The first-order valence-corrected chi connectivity index (χ1v) is 6.81. The highest BCUT2D eigenvalue weighted by Gasteiger charge is 2.17. The topological polar surface area (TPSA) is 46.3 Å². The maximum atomic E-state index is 12.4. The lowest BCUT2D eigenvalue weighted by Crippen LogP contribution is -2.31. The van der Waals surface area contributed by atoms with E-state index in [1.54, 1.807) is 4.90 Å². The third kappa shape index (κ3) is 2.71. The molecule has 3 nitrogen and oxygen atoms in total. The zero-order valence-corrected chi connectivity index (χ0v) is 11.1. The number of rotatable bonds is 4. The molecule has 0 aliphatic heterocycles. The minimum Gasteiger partial charge on any atom is -0.399 e. The molecule has 0 unspecified atom stereocenters. The van der Waals surface area contributed by atoms with Gasteiger partial charge in [-0.1, -0.05) is 19.1 Å². The van der Waals surface area contributed by atoms with E-state index in [1.165, 1.54) is 11.3 Å². The van der Waals surface area contributed by atoms with Crippen LogP contribution in [0.25, 0.3) is 0 Å². The highest BCUT2D eigenvalue weighted by molar-refractivity contribution is 7.12. The van der Waals surface area contributed by atoms with Crippen LogP contribution in [0, 0.1) is 0 Å². The van der Waals surface area contributed by atoms with Crippen molar-refractivity contribution in [1.82, 2.24) is 0 Å². The molecule has 1 aromatic heterocycles. The molecule has 1 aromatic carbocycles. The van der Waals surface area contributed by atoms with Crippen molar-refractivity contribution >= 4 is 28.6 Å². The Bertz CT molecular complexity index is 522. The summed E-state index contributed by atoms with van der Waals surface area (Å²) in [6.07, 6.45) is 0.909. The molecule has 94 valence electrons. The van der Waals surface area contributed by atoms with Crippen LogP contribution < -0.4 is 10.6 Å². The van der Waals surface area contributed by atoms with Crippen LogP contribution in [0.2, 0.25) is 0 Å². The molecule has 0 aliphatic rings. The van der Waals surface area contributed by atoms with Gasteiger partial charge in [-0.05, 0) is 36.1 Å². The molecule has 2 aromatic rings. The quantitative estimate of drug-likeness (QED) is 0.856. The molecule has 0 radical (unpaired) electrons. The van der Waals surface area contributed by atoms with Crippen molar-refractivity contribution in [3.63, 3.8) is 0 Å². The van der Waals surface area contributed by atoms with Crippen LogP contribution in [0.4, 0.5) is 11.4 Å². The number of nitrogens with two attached hydrogens (primary N) is 1. The summed E-state index contributed by atoms with van der Waals surface area (Å²) in [4.78, 5) is 14.9. The Balaban J connectivity index is 2.31. The Labute approximate surface area is 111 Å². The number of nitrogen functional groups attached to an aromatic ring is 1. The fraction of sp³-hybridized carbons (Fsp3) is 0.214. The monoisotopic (exact) mass is 260 g/mol. The molecule has 0 saturated carbocycles. The highest BCUT2D eigenvalue weighted by Crippen LogP contribution is 2.22. The van der Waals surface area contributed by atoms with E-state index in [4.69, 9.17) is 5.73 Å². The summed E-state index contributed by atoms with van der Waals surface area (Å²) >= 11 is 1.46. The number of hydrogen-bond donors (Lipinski definition) is 1. The summed E-state index contributed by atoms with van der Waals surface area (Å²) in [5.41, 5.74) is 7.31. The lowest BCUT2D eigenvalue weighted by Gasteiger charge is -2.21. The highest BCUT2D eigenvalue weighted by atomic mass is 32.1. The Morgan fingerprint density at radius 1 is 1.33 bits per heavy atom. The number of benzene rings is 1. The zero-order valence-electron chi connectivity index (χ0n) is 10.3. The van der Waals surface area contributed by atoms with Crippen LogP contribution in [-0.4, -0.2) is 12.5 Å². The van der Waals surface area contributed by atoms with Crippen molar-refractivity contribution in [2.24, 2.45) is 0 Å². The Morgan fingerprint density at radius 2 is 2.17 bits per heavy atom. The van der Waals surface area contributed by atoms with Gasteiger partial charge in [-0.25, -0.2) is 0 Å². The van der Waals surface area contributed by atoms with Crippen molar-refractivity contribution in [2.75, 3.05) is 17.2 Å². The molecule has 0 atom stereocenters. The SMILES string of the molecule is CCCN(C(=O)c1cccs1)c1cccc(N)c1. The van der Waals surface area contributed by atoms with E-state index >= 15 is 0 Å². The van der Waals surface area contributed by atoms with Crippen molar-refractivity contribution in [2.45, 2.75) is 13.3 Å². The standard InChI is InChI=1S/C14H16N2OS/c1-2-8-16(12-6-3-5-11(15)10-12)14(17)13-7-4-9-18-13/h3-7,9-10H,2,8,15H2,1H3. The van der Waals surface area contributed by atoms with Gasteiger partial charge in [-0.3, -0.25) is 4.79 Å². The van der Waals surface area contributed by atoms with Gasteiger partial charge in [-0.2, -0.15) is 0 Å². The van der Waals surface area contributed by atoms with E-state index in [0.29, 0.717) is 12.2 Å². The summed E-state index contributed by atoms with van der Waals surface area (Å²) in [5.74, 6) is 0.0393. The van der Waals surface area contributed by atoms with Gasteiger partial charge in [0, 0.05) is 17.9 Å². The Kier molecular flexibility index (Phi) is 3.99. The molecule has 0 aliphatic carbocycles. The van der Waals surface area contributed by atoms with E-state index < -0.39 is 0 Å². The van der Waals surface area contributed by atoms with Gasteiger partial charge in [-0.15, -0.1) is 11.3 Å². The lowest BCUT2D eigenvalue weighted by molar-refractivity contribution is 0.0991. The number of hydrogen-bond acceptors (Lipinski definition) is 3. The molecule has 18 heavy (non-hydrogen) atoms. The molecule has 1 heterocycles. The first kappa shape index (κ1) is 12.6. The largest absolute Gasteiger partial charge is 0.399 e. The number of anilines is 2. The smallest absolute Gasteiger partial charge is 0.268 e. The molecule has 2 rings (SSSR count). The van der Waals surface area contributed by atoms with Crippen molar-refractivity contribution in [1.29, 1.82) is 0 Å². The van der Waals surface area contributed by atoms with E-state index in [2.05, 4.69) is 6.92 Å². The van der Waals surface area contributed by atoms with Gasteiger partial charge in [0.15, 0.2) is 0 Å². The van der Waals surface area contributed by atoms with Crippen LogP contribution in [0.3, 0.4) is 0 Å². The second kappa shape index (κ2) is 5.69. The average Bonchev–Trinajstić information content (AvgIpc) is 2.89. The Morgan fingerprint density at radius 3 is 2.78 bits per heavy atom. The molecular formula is C14H16N2OS. The summed E-state index contributed by atoms with van der Waals surface area (Å²) < 4.78 is 0. The summed E-state index contributed by atoms with van der Waals surface area (Å²) in [5, 5.41) is 1.91. The first-order valence-electron chi connectivity index (χ1n) is 5.93. The van der Waals surface area contributed by atoms with E-state index in [9.17, 15) is 4.79 Å². The van der Waals surface area contributed by atoms with Gasteiger partial charge in [0.1, 0.15) is 0 Å². The molecule has 0 fully saturated rings. The second-order valence-corrected chi connectivity index (χ2v) is 4.98. The minimum atomic E-state index is 0.0393. The third-order valence-corrected chi connectivity index (χ3v) is 3.46. The van der Waals surface area contributed by atoms with Crippen molar-refractivity contribution in [3.05, 3.63) is 46.7 Å². The van der Waals surface area contributed by atoms with Crippen LogP contribution in [0.15, 0.2) is 41.8 Å². The predicted octanol–water partition coefficient (Wildman–Crippen LogP) is 3.39. The third-order valence-electron chi connectivity index (χ3n) is 2.61. The number of amides is 1. The summed E-state index contributed by atoms with van der Waals surface area (Å²) in [6.45, 7) is 2.75. The van der Waals surface area contributed by atoms with Crippen molar-refractivity contribution in [3.8, 4) is 0 Å². The van der Waals surface area contributed by atoms with Gasteiger partial charge < -0.3 is 10.6 Å². The fourth-order valence-electron chi connectivity index (χ4n) is 1.80. The van der Waals surface area contributed by atoms with Gasteiger partial charge in [0.05, 0.1) is 4.88 Å². The molecule has 0 spiro atoms. The first-order chi connectivity index (χ1) is 8.72.